The van der Waals surface area contributed by atoms with E-state index >= 15 is 0 Å². The van der Waals surface area contributed by atoms with E-state index in [2.05, 4.69) is 43.9 Å². The Morgan fingerprint density at radius 1 is 1.11 bits per heavy atom. The molecule has 192 valence electrons. The first-order valence-electron chi connectivity index (χ1n) is 12.7. The second-order valence-corrected chi connectivity index (χ2v) is 9.45. The first kappa shape index (κ1) is 25.4. The number of carbonyl (C=O) groups excluding carboxylic acids is 2. The Balaban J connectivity index is 1.65. The number of carbonyl (C=O) groups is 2. The molecule has 1 fully saturated rings. The fourth-order valence-electron chi connectivity index (χ4n) is 4.82. The zero-order chi connectivity index (χ0) is 25.8. The van der Waals surface area contributed by atoms with E-state index in [-0.39, 0.29) is 23.8 Å². The first-order chi connectivity index (χ1) is 17.3. The number of anilines is 4. The van der Waals surface area contributed by atoms with Crippen LogP contribution in [0.15, 0.2) is 30.6 Å². The molecule has 1 aliphatic rings. The highest BCUT2D eigenvalue weighted by Crippen LogP contribution is 2.32. The fraction of sp³-hybridized carbons (Fsp3) is 0.500. The minimum atomic E-state index is -0.112. The Morgan fingerprint density at radius 2 is 1.81 bits per heavy atom. The number of benzene rings is 1. The second-order valence-electron chi connectivity index (χ2n) is 9.45. The molecule has 2 N–H and O–H groups in total. The summed E-state index contributed by atoms with van der Waals surface area (Å²) in [5.41, 5.74) is 2.99. The minimum Gasteiger partial charge on any atom is -0.343 e. The largest absolute Gasteiger partial charge is 0.343 e. The average Bonchev–Trinajstić information content (AvgIpc) is 3.27. The molecule has 0 radical (unpaired) electrons. The third kappa shape index (κ3) is 5.27. The number of piperidine rings is 1. The number of nitrogens with one attached hydrogen (secondary N) is 2. The summed E-state index contributed by atoms with van der Waals surface area (Å²) in [6.45, 7) is 12.7. The van der Waals surface area contributed by atoms with Gasteiger partial charge in [-0.15, -0.1) is 0 Å². The second kappa shape index (κ2) is 10.9. The van der Waals surface area contributed by atoms with Crippen molar-refractivity contribution in [1.29, 1.82) is 0 Å². The third-order valence-corrected chi connectivity index (χ3v) is 6.57. The lowest BCUT2D eigenvalue weighted by atomic mass is 9.96. The number of hydrogen-bond donors (Lipinski definition) is 2. The molecule has 2 aromatic heterocycles. The van der Waals surface area contributed by atoms with Gasteiger partial charge in [0.15, 0.2) is 17.0 Å². The van der Waals surface area contributed by atoms with E-state index in [9.17, 15) is 9.59 Å². The van der Waals surface area contributed by atoms with Crippen molar-refractivity contribution in [1.82, 2.24) is 24.4 Å². The van der Waals surface area contributed by atoms with Gasteiger partial charge in [-0.1, -0.05) is 0 Å². The van der Waals surface area contributed by atoms with Gasteiger partial charge in [-0.05, 0) is 64.8 Å². The van der Waals surface area contributed by atoms with Crippen LogP contribution in [-0.2, 0) is 9.59 Å². The lowest BCUT2D eigenvalue weighted by Gasteiger charge is -2.35. The van der Waals surface area contributed by atoms with Crippen molar-refractivity contribution in [3.8, 4) is 0 Å². The van der Waals surface area contributed by atoms with Gasteiger partial charge >= 0.3 is 0 Å². The summed E-state index contributed by atoms with van der Waals surface area (Å²) >= 11 is 0. The molecule has 1 saturated heterocycles. The maximum Gasteiger partial charge on any atom is 0.227 e. The summed E-state index contributed by atoms with van der Waals surface area (Å²) in [7, 11) is 0. The Morgan fingerprint density at radius 3 is 2.44 bits per heavy atom. The van der Waals surface area contributed by atoms with Crippen LogP contribution in [0.25, 0.3) is 11.2 Å². The predicted molar refractivity (Wildman–Crippen MR) is 143 cm³/mol. The topological polar surface area (TPSA) is 108 Å². The third-order valence-electron chi connectivity index (χ3n) is 6.57. The van der Waals surface area contributed by atoms with Gasteiger partial charge in [0.05, 0.1) is 5.92 Å². The molecule has 1 unspecified atom stereocenters. The number of imidazole rings is 1. The lowest BCUT2D eigenvalue weighted by Crippen LogP contribution is -2.45. The molecule has 0 spiro atoms. The molecular weight excluding hydrogens is 456 g/mol. The van der Waals surface area contributed by atoms with Gasteiger partial charge in [0.1, 0.15) is 6.33 Å². The Bertz CT molecular complexity index is 1220. The molecule has 1 aliphatic heterocycles. The molecule has 1 atom stereocenters. The predicted octanol–water partition coefficient (Wildman–Crippen LogP) is 4.19. The summed E-state index contributed by atoms with van der Waals surface area (Å²) in [4.78, 5) is 42.6. The van der Waals surface area contributed by atoms with Gasteiger partial charge in [-0.3, -0.25) is 14.2 Å². The van der Waals surface area contributed by atoms with Crippen LogP contribution in [0.5, 0.6) is 0 Å². The summed E-state index contributed by atoms with van der Waals surface area (Å²) < 4.78 is 2.13. The van der Waals surface area contributed by atoms with Crippen LogP contribution in [-0.4, -0.2) is 62.4 Å². The highest BCUT2D eigenvalue weighted by atomic mass is 16.2. The van der Waals surface area contributed by atoms with Gasteiger partial charge in [0, 0.05) is 50.5 Å². The Labute approximate surface area is 212 Å². The van der Waals surface area contributed by atoms with E-state index in [1.54, 1.807) is 6.33 Å². The van der Waals surface area contributed by atoms with Crippen LogP contribution in [0.4, 0.5) is 23.1 Å². The quantitative estimate of drug-likeness (QED) is 0.485. The van der Waals surface area contributed by atoms with Crippen molar-refractivity contribution in [2.75, 3.05) is 41.7 Å². The van der Waals surface area contributed by atoms with Crippen molar-refractivity contribution >= 4 is 46.1 Å². The minimum absolute atomic E-state index is 0.0371. The molecule has 4 rings (SSSR count). The maximum atomic E-state index is 13.1. The number of fused-ring (bicyclic) bond motifs is 1. The smallest absolute Gasteiger partial charge is 0.227 e. The molecule has 1 aromatic carbocycles. The number of amides is 2. The summed E-state index contributed by atoms with van der Waals surface area (Å²) in [5, 5.41) is 6.12. The van der Waals surface area contributed by atoms with E-state index in [4.69, 9.17) is 4.98 Å². The molecule has 3 aromatic rings. The normalized spacial score (nSPS) is 15.8. The van der Waals surface area contributed by atoms with E-state index in [1.165, 1.54) is 6.92 Å². The van der Waals surface area contributed by atoms with Crippen molar-refractivity contribution in [3.63, 3.8) is 0 Å². The molecule has 2 amide bonds. The maximum absolute atomic E-state index is 13.1. The van der Waals surface area contributed by atoms with E-state index in [0.717, 1.165) is 55.4 Å². The monoisotopic (exact) mass is 492 g/mol. The van der Waals surface area contributed by atoms with Gasteiger partial charge in [-0.25, -0.2) is 15.0 Å². The van der Waals surface area contributed by atoms with Crippen LogP contribution in [0.3, 0.4) is 0 Å². The molecule has 10 heteroatoms. The van der Waals surface area contributed by atoms with Crippen LogP contribution in [0, 0.1) is 5.92 Å². The van der Waals surface area contributed by atoms with Crippen LogP contribution in [0.1, 0.15) is 53.5 Å². The highest BCUT2D eigenvalue weighted by molar-refractivity contribution is 5.90. The zero-order valence-electron chi connectivity index (χ0n) is 21.8. The van der Waals surface area contributed by atoms with Crippen LogP contribution >= 0.6 is 0 Å². The van der Waals surface area contributed by atoms with Crippen LogP contribution < -0.4 is 15.5 Å². The van der Waals surface area contributed by atoms with Crippen molar-refractivity contribution in [3.05, 3.63) is 30.6 Å². The highest BCUT2D eigenvalue weighted by Gasteiger charge is 2.31. The average molecular weight is 493 g/mol. The fourth-order valence-corrected chi connectivity index (χ4v) is 4.82. The lowest BCUT2D eigenvalue weighted by molar-refractivity contribution is -0.135. The van der Waals surface area contributed by atoms with Gasteiger partial charge in [0.2, 0.25) is 17.8 Å². The van der Waals surface area contributed by atoms with Gasteiger partial charge < -0.3 is 20.4 Å². The van der Waals surface area contributed by atoms with Gasteiger partial charge in [-0.2, -0.15) is 0 Å². The van der Waals surface area contributed by atoms with Crippen LogP contribution in [0.2, 0.25) is 0 Å². The molecule has 3 heterocycles. The molecule has 10 nitrogen and oxygen atoms in total. The molecule has 0 bridgehead atoms. The van der Waals surface area contributed by atoms with Crippen molar-refractivity contribution in [2.24, 2.45) is 5.92 Å². The Kier molecular flexibility index (Phi) is 7.71. The first-order valence-corrected chi connectivity index (χ1v) is 12.7. The van der Waals surface area contributed by atoms with E-state index < -0.39 is 0 Å². The SMILES string of the molecule is CCN(CC)C(=O)C1CCCN(c2nc3c(Nc4ccc(NC(C)=O)cc4)ncnc3n2C(C)C)C1. The number of hydrogen-bond acceptors (Lipinski definition) is 7. The summed E-state index contributed by atoms with van der Waals surface area (Å²) in [6, 6.07) is 7.56. The zero-order valence-corrected chi connectivity index (χ0v) is 21.8. The Hall–Kier alpha value is -3.69. The molecule has 0 saturated carbocycles. The molecule has 0 aliphatic carbocycles. The number of nitrogens with zero attached hydrogens (tertiary/aromatic N) is 6. The molecule has 36 heavy (non-hydrogen) atoms. The summed E-state index contributed by atoms with van der Waals surface area (Å²) in [5.74, 6) is 1.51. The molecular formula is C26H36N8O2. The summed E-state index contributed by atoms with van der Waals surface area (Å²) in [6.07, 6.45) is 3.38. The van der Waals surface area contributed by atoms with Gasteiger partial charge in [0.25, 0.3) is 0 Å². The van der Waals surface area contributed by atoms with E-state index in [1.807, 2.05) is 43.0 Å². The van der Waals surface area contributed by atoms with E-state index in [0.29, 0.717) is 17.9 Å². The number of rotatable bonds is 8. The van der Waals surface area contributed by atoms with Crippen molar-refractivity contribution < 1.29 is 9.59 Å². The van der Waals surface area contributed by atoms with Crippen molar-refractivity contribution in [2.45, 2.75) is 53.5 Å². The number of aromatic nitrogens is 4. The standard InChI is InChI=1S/C26H36N8O2/c1-6-32(7-2)25(36)19-9-8-14-33(15-19)26-31-22-23(27-16-28-24(22)34(26)17(3)4)30-21-12-10-20(11-13-21)29-18(5)35/h10-13,16-17,19H,6-9,14-15H2,1-5H3,(H,29,35)(H,27,28,30).